The maximum atomic E-state index is 12.8. The summed E-state index contributed by atoms with van der Waals surface area (Å²) in [7, 11) is 1.90. The van der Waals surface area contributed by atoms with Gasteiger partial charge in [-0.15, -0.1) is 0 Å². The van der Waals surface area contributed by atoms with Crippen LogP contribution in [0.25, 0.3) is 0 Å². The van der Waals surface area contributed by atoms with E-state index >= 15 is 0 Å². The van der Waals surface area contributed by atoms with Gasteiger partial charge in [0, 0.05) is 25.6 Å². The van der Waals surface area contributed by atoms with Crippen molar-refractivity contribution in [2.75, 3.05) is 7.05 Å². The first kappa shape index (κ1) is 17.8. The van der Waals surface area contributed by atoms with Crippen LogP contribution in [0.2, 0.25) is 0 Å². The van der Waals surface area contributed by atoms with E-state index in [1.165, 1.54) is 25.7 Å². The minimum atomic E-state index is -0.825. The second kappa shape index (κ2) is 7.89. The zero-order chi connectivity index (χ0) is 17.8. The van der Waals surface area contributed by atoms with Crippen LogP contribution < -0.4 is 5.32 Å². The summed E-state index contributed by atoms with van der Waals surface area (Å²) in [6, 6.07) is 10.1. The zero-order valence-corrected chi connectivity index (χ0v) is 14.9. The molecule has 1 aromatic carbocycles. The molecule has 1 unspecified atom stereocenters. The van der Waals surface area contributed by atoms with E-state index in [2.05, 4.69) is 5.32 Å². The van der Waals surface area contributed by atoms with Crippen molar-refractivity contribution in [3.8, 4) is 0 Å². The normalized spacial score (nSPS) is 18.0. The van der Waals surface area contributed by atoms with E-state index in [-0.39, 0.29) is 18.5 Å². The number of aliphatic carboxylic acids is 1. The lowest BCUT2D eigenvalue weighted by Crippen LogP contribution is -2.49. The minimum absolute atomic E-state index is 0.0601. The molecular weight excluding hydrogens is 316 g/mol. The molecule has 2 N–H and O–H groups in total. The molecule has 0 aliphatic heterocycles. The van der Waals surface area contributed by atoms with Crippen LogP contribution in [0.4, 0.5) is 4.79 Å². The molecule has 0 saturated heterocycles. The van der Waals surface area contributed by atoms with Gasteiger partial charge in [-0.2, -0.15) is 0 Å². The fraction of sp³-hybridized carbons (Fsp3) is 0.600. The zero-order valence-electron chi connectivity index (χ0n) is 14.9. The Bertz CT molecular complexity index is 584. The van der Waals surface area contributed by atoms with E-state index in [1.807, 2.05) is 42.3 Å². The molecule has 2 fully saturated rings. The highest BCUT2D eigenvalue weighted by Crippen LogP contribution is 2.46. The first-order valence-corrected chi connectivity index (χ1v) is 9.33. The lowest BCUT2D eigenvalue weighted by atomic mass is 10.0. The van der Waals surface area contributed by atoms with Gasteiger partial charge in [0.2, 0.25) is 0 Å². The predicted molar refractivity (Wildman–Crippen MR) is 96.3 cm³/mol. The molecule has 0 heterocycles. The summed E-state index contributed by atoms with van der Waals surface area (Å²) in [4.78, 5) is 25.6. The molecule has 0 radical (unpaired) electrons. The Morgan fingerprint density at radius 2 is 1.76 bits per heavy atom. The highest BCUT2D eigenvalue weighted by molar-refractivity contribution is 5.75. The lowest BCUT2D eigenvalue weighted by Gasteiger charge is -2.30. The Morgan fingerprint density at radius 3 is 2.28 bits per heavy atom. The number of nitrogens with one attached hydrogen (secondary N) is 1. The number of nitrogens with zero attached hydrogens (tertiary/aromatic N) is 1. The molecule has 1 atom stereocenters. The average Bonchev–Trinajstić information content (AvgIpc) is 3.48. The van der Waals surface area contributed by atoms with Crippen LogP contribution in [0.1, 0.15) is 44.1 Å². The van der Waals surface area contributed by atoms with Crippen LogP contribution in [-0.2, 0) is 11.2 Å². The molecule has 2 saturated carbocycles. The van der Waals surface area contributed by atoms with Crippen LogP contribution in [-0.4, -0.2) is 41.1 Å². The standard InChI is InChI=1S/C20H28N2O3/c1-22(19(15-7-8-15)16-9-10-16)20(25)21-17(11-12-18(23)24)13-14-5-3-2-4-6-14/h2-6,15-17,19H,7-13H2,1H3,(H,21,25)(H,23,24). The van der Waals surface area contributed by atoms with E-state index in [9.17, 15) is 9.59 Å². The van der Waals surface area contributed by atoms with Gasteiger partial charge in [0.1, 0.15) is 0 Å². The predicted octanol–water partition coefficient (Wildman–Crippen LogP) is 3.29. The van der Waals surface area contributed by atoms with Crippen LogP contribution >= 0.6 is 0 Å². The van der Waals surface area contributed by atoms with E-state index in [0.717, 1.165) is 5.56 Å². The summed E-state index contributed by atoms with van der Waals surface area (Å²) in [5.74, 6) is 0.499. The van der Waals surface area contributed by atoms with Gasteiger partial charge in [-0.1, -0.05) is 30.3 Å². The quantitative estimate of drug-likeness (QED) is 0.722. The Kier molecular flexibility index (Phi) is 5.61. The van der Waals surface area contributed by atoms with Crippen molar-refractivity contribution in [3.63, 3.8) is 0 Å². The molecule has 0 bridgehead atoms. The summed E-state index contributed by atoms with van der Waals surface area (Å²) >= 11 is 0. The van der Waals surface area contributed by atoms with Crippen molar-refractivity contribution < 1.29 is 14.7 Å². The maximum absolute atomic E-state index is 12.8. The smallest absolute Gasteiger partial charge is 0.317 e. The van der Waals surface area contributed by atoms with E-state index in [1.54, 1.807) is 0 Å². The number of carbonyl (C=O) groups is 2. The van der Waals surface area contributed by atoms with E-state index in [0.29, 0.717) is 30.7 Å². The van der Waals surface area contributed by atoms with Crippen molar-refractivity contribution in [2.45, 2.75) is 57.0 Å². The molecule has 2 aliphatic carbocycles. The Balaban J connectivity index is 1.61. The SMILES string of the molecule is CN(C(=O)NC(CCC(=O)O)Cc1ccccc1)C(C1CC1)C1CC1. The first-order chi connectivity index (χ1) is 12.0. The highest BCUT2D eigenvalue weighted by Gasteiger charge is 2.45. The van der Waals surface area contributed by atoms with Gasteiger partial charge < -0.3 is 15.3 Å². The number of hydrogen-bond acceptors (Lipinski definition) is 2. The van der Waals surface area contributed by atoms with Gasteiger partial charge in [-0.25, -0.2) is 4.79 Å². The van der Waals surface area contributed by atoms with Crippen molar-refractivity contribution in [3.05, 3.63) is 35.9 Å². The lowest BCUT2D eigenvalue weighted by molar-refractivity contribution is -0.137. The first-order valence-electron chi connectivity index (χ1n) is 9.33. The van der Waals surface area contributed by atoms with Gasteiger partial charge in [0.25, 0.3) is 0 Å². The molecule has 1 aromatic rings. The summed E-state index contributed by atoms with van der Waals surface area (Å²) in [5, 5.41) is 12.1. The van der Waals surface area contributed by atoms with Crippen molar-refractivity contribution in [1.29, 1.82) is 0 Å². The Hall–Kier alpha value is -2.04. The Labute approximate surface area is 149 Å². The number of amides is 2. The molecule has 25 heavy (non-hydrogen) atoms. The molecule has 0 aromatic heterocycles. The third-order valence-corrected chi connectivity index (χ3v) is 5.34. The molecule has 5 nitrogen and oxygen atoms in total. The van der Waals surface area contributed by atoms with Crippen LogP contribution in [0.15, 0.2) is 30.3 Å². The summed E-state index contributed by atoms with van der Waals surface area (Å²) in [6.45, 7) is 0. The monoisotopic (exact) mass is 344 g/mol. The third-order valence-electron chi connectivity index (χ3n) is 5.34. The van der Waals surface area contributed by atoms with Gasteiger partial charge in [-0.05, 0) is 55.9 Å². The summed E-state index contributed by atoms with van der Waals surface area (Å²) < 4.78 is 0. The van der Waals surface area contributed by atoms with Crippen LogP contribution in [0.5, 0.6) is 0 Å². The van der Waals surface area contributed by atoms with Gasteiger partial charge in [0.05, 0.1) is 0 Å². The summed E-state index contributed by atoms with van der Waals surface area (Å²) in [6.07, 6.45) is 6.08. The topological polar surface area (TPSA) is 69.6 Å². The van der Waals surface area contributed by atoms with Crippen molar-refractivity contribution in [2.24, 2.45) is 11.8 Å². The maximum Gasteiger partial charge on any atom is 0.317 e. The minimum Gasteiger partial charge on any atom is -0.481 e. The molecule has 0 spiro atoms. The largest absolute Gasteiger partial charge is 0.481 e. The third kappa shape index (κ3) is 5.21. The molecule has 2 amide bonds. The number of hydrogen-bond donors (Lipinski definition) is 2. The Morgan fingerprint density at radius 1 is 1.16 bits per heavy atom. The molecule has 3 rings (SSSR count). The average molecular weight is 344 g/mol. The van der Waals surface area contributed by atoms with Crippen molar-refractivity contribution >= 4 is 12.0 Å². The van der Waals surface area contributed by atoms with E-state index in [4.69, 9.17) is 5.11 Å². The molecular formula is C20H28N2O3. The van der Waals surface area contributed by atoms with Gasteiger partial charge in [-0.3, -0.25) is 4.79 Å². The second-order valence-electron chi connectivity index (χ2n) is 7.54. The van der Waals surface area contributed by atoms with Crippen LogP contribution in [0, 0.1) is 11.8 Å². The highest BCUT2D eigenvalue weighted by atomic mass is 16.4. The fourth-order valence-electron chi connectivity index (χ4n) is 3.73. The van der Waals surface area contributed by atoms with Gasteiger partial charge >= 0.3 is 12.0 Å². The number of carbonyl (C=O) groups excluding carboxylic acids is 1. The van der Waals surface area contributed by atoms with Crippen LogP contribution in [0.3, 0.4) is 0 Å². The number of carboxylic acids is 1. The van der Waals surface area contributed by atoms with E-state index < -0.39 is 5.97 Å². The van der Waals surface area contributed by atoms with Gasteiger partial charge in [0.15, 0.2) is 0 Å². The number of carboxylic acid groups (broad SMARTS) is 1. The fourth-order valence-corrected chi connectivity index (χ4v) is 3.73. The second-order valence-corrected chi connectivity index (χ2v) is 7.54. The summed E-state index contributed by atoms with van der Waals surface area (Å²) in [5.41, 5.74) is 1.11. The number of benzene rings is 1. The molecule has 2 aliphatic rings. The number of urea groups is 1. The van der Waals surface area contributed by atoms with Crippen molar-refractivity contribution in [1.82, 2.24) is 10.2 Å². The molecule has 5 heteroatoms. The molecule has 136 valence electrons. The number of rotatable bonds is 9.